The fourth-order valence-corrected chi connectivity index (χ4v) is 3.37. The van der Waals surface area contributed by atoms with Crippen LogP contribution in [0.15, 0.2) is 77.5 Å². The molecule has 4 rings (SSSR count). The molecule has 3 heterocycles. The number of aromatic nitrogens is 2. The molecule has 1 aliphatic rings. The van der Waals surface area contributed by atoms with Gasteiger partial charge >= 0.3 is 12.1 Å². The number of alkyl halides is 3. The van der Waals surface area contributed by atoms with Crippen LogP contribution in [0.2, 0.25) is 0 Å². The van der Waals surface area contributed by atoms with Crippen LogP contribution in [0.4, 0.5) is 13.2 Å². The third-order valence-corrected chi connectivity index (χ3v) is 4.91. The Kier molecular flexibility index (Phi) is 5.43. The quantitative estimate of drug-likeness (QED) is 0.563. The van der Waals surface area contributed by atoms with Gasteiger partial charge in [0.1, 0.15) is 5.65 Å². The number of rotatable bonds is 5. The smallest absolute Gasteiger partial charge is 0.417 e. The van der Waals surface area contributed by atoms with Crippen LogP contribution in [0.5, 0.6) is 0 Å². The van der Waals surface area contributed by atoms with Gasteiger partial charge < -0.3 is 15.7 Å². The standard InChI is InChI=1S/C22H17F3N4O3/c23-22(24,25)15-9-14(11-27-16-7-4-8-26-19(16)21(31)32)20-28-17(10-18(30)29(20)12-15)13-5-2-1-3-6-13/h1-10,12,19,26-27H,11H2,(H,31,32). The van der Waals surface area contributed by atoms with E-state index in [9.17, 15) is 27.9 Å². The second-order valence-corrected chi connectivity index (χ2v) is 7.06. The number of hydrogen-bond acceptors (Lipinski definition) is 5. The molecule has 7 nitrogen and oxygen atoms in total. The molecule has 0 saturated heterocycles. The Morgan fingerprint density at radius 3 is 2.66 bits per heavy atom. The molecule has 0 amide bonds. The fraction of sp³-hybridized carbons (Fsp3) is 0.136. The van der Waals surface area contributed by atoms with Crippen LogP contribution in [-0.4, -0.2) is 26.5 Å². The highest BCUT2D eigenvalue weighted by molar-refractivity contribution is 5.78. The van der Waals surface area contributed by atoms with E-state index in [1.54, 1.807) is 36.4 Å². The van der Waals surface area contributed by atoms with Crippen LogP contribution in [-0.2, 0) is 17.5 Å². The Morgan fingerprint density at radius 2 is 1.97 bits per heavy atom. The summed E-state index contributed by atoms with van der Waals surface area (Å²) in [5, 5.41) is 14.9. The number of fused-ring (bicyclic) bond motifs is 1. The van der Waals surface area contributed by atoms with Gasteiger partial charge in [0.2, 0.25) is 0 Å². The minimum absolute atomic E-state index is 0.0450. The molecule has 0 bridgehead atoms. The predicted octanol–water partition coefficient (Wildman–Crippen LogP) is 2.92. The van der Waals surface area contributed by atoms with Crippen molar-refractivity contribution in [3.63, 3.8) is 0 Å². The van der Waals surface area contributed by atoms with Crippen LogP contribution in [0.1, 0.15) is 11.1 Å². The topological polar surface area (TPSA) is 95.7 Å². The van der Waals surface area contributed by atoms with Crippen LogP contribution in [0.3, 0.4) is 0 Å². The van der Waals surface area contributed by atoms with Gasteiger partial charge in [0, 0.05) is 35.6 Å². The summed E-state index contributed by atoms with van der Waals surface area (Å²) in [6.07, 6.45) is 0.574. The third kappa shape index (κ3) is 4.20. The van der Waals surface area contributed by atoms with E-state index in [-0.39, 0.29) is 23.5 Å². The average Bonchev–Trinajstić information content (AvgIpc) is 2.77. The fourth-order valence-electron chi connectivity index (χ4n) is 3.37. The molecule has 2 aromatic heterocycles. The number of nitrogens with one attached hydrogen (secondary N) is 2. The van der Waals surface area contributed by atoms with Gasteiger partial charge in [-0.25, -0.2) is 9.78 Å². The lowest BCUT2D eigenvalue weighted by molar-refractivity contribution is -0.139. The predicted molar refractivity (Wildman–Crippen MR) is 111 cm³/mol. The number of aliphatic carboxylic acids is 1. The average molecular weight is 442 g/mol. The first kappa shape index (κ1) is 21.2. The van der Waals surface area contributed by atoms with Crippen molar-refractivity contribution in [3.8, 4) is 11.3 Å². The number of hydrogen-bond donors (Lipinski definition) is 3. The molecule has 1 unspecified atom stereocenters. The summed E-state index contributed by atoms with van der Waals surface area (Å²) >= 11 is 0. The Bertz CT molecular complexity index is 1300. The van der Waals surface area contributed by atoms with Crippen molar-refractivity contribution in [3.05, 3.63) is 94.2 Å². The molecular formula is C22H17F3N4O3. The summed E-state index contributed by atoms with van der Waals surface area (Å²) < 4.78 is 41.3. The largest absolute Gasteiger partial charge is 0.479 e. The molecule has 0 aliphatic carbocycles. The van der Waals surface area contributed by atoms with Crippen molar-refractivity contribution in [1.82, 2.24) is 20.0 Å². The van der Waals surface area contributed by atoms with Crippen molar-refractivity contribution in [2.24, 2.45) is 0 Å². The van der Waals surface area contributed by atoms with Gasteiger partial charge in [0.15, 0.2) is 6.04 Å². The maximum Gasteiger partial charge on any atom is 0.417 e. The maximum atomic E-state index is 13.5. The molecule has 32 heavy (non-hydrogen) atoms. The van der Waals surface area contributed by atoms with Gasteiger partial charge in [0.05, 0.1) is 11.3 Å². The summed E-state index contributed by atoms with van der Waals surface area (Å²) in [5.41, 5.74) is -0.313. The van der Waals surface area contributed by atoms with Gasteiger partial charge in [0.25, 0.3) is 5.56 Å². The van der Waals surface area contributed by atoms with Crippen LogP contribution >= 0.6 is 0 Å². The highest BCUT2D eigenvalue weighted by Crippen LogP contribution is 2.30. The number of nitrogens with zero attached hydrogens (tertiary/aromatic N) is 2. The summed E-state index contributed by atoms with van der Waals surface area (Å²) in [6, 6.07) is 9.80. The molecule has 1 aromatic carbocycles. The highest BCUT2D eigenvalue weighted by atomic mass is 19.4. The molecule has 1 atom stereocenters. The summed E-state index contributed by atoms with van der Waals surface area (Å²) in [5.74, 6) is -1.15. The van der Waals surface area contributed by atoms with Crippen molar-refractivity contribution in [2.45, 2.75) is 18.8 Å². The first-order chi connectivity index (χ1) is 15.2. The third-order valence-electron chi connectivity index (χ3n) is 4.91. The molecule has 0 radical (unpaired) electrons. The van der Waals surface area contributed by atoms with Crippen molar-refractivity contribution >= 4 is 11.6 Å². The minimum Gasteiger partial charge on any atom is -0.479 e. The second-order valence-electron chi connectivity index (χ2n) is 7.06. The van der Waals surface area contributed by atoms with Crippen molar-refractivity contribution in [2.75, 3.05) is 0 Å². The highest BCUT2D eigenvalue weighted by Gasteiger charge is 2.32. The van der Waals surface area contributed by atoms with E-state index in [4.69, 9.17) is 0 Å². The zero-order valence-corrected chi connectivity index (χ0v) is 16.4. The molecule has 164 valence electrons. The Balaban J connectivity index is 1.82. The molecule has 0 fully saturated rings. The molecule has 10 heteroatoms. The lowest BCUT2D eigenvalue weighted by Crippen LogP contribution is -2.41. The van der Waals surface area contributed by atoms with E-state index in [1.807, 2.05) is 0 Å². The van der Waals surface area contributed by atoms with Gasteiger partial charge in [-0.05, 0) is 24.4 Å². The first-order valence-electron chi connectivity index (χ1n) is 9.52. The molecule has 3 N–H and O–H groups in total. The van der Waals surface area contributed by atoms with Gasteiger partial charge in [-0.1, -0.05) is 30.3 Å². The van der Waals surface area contributed by atoms with Crippen molar-refractivity contribution in [1.29, 1.82) is 0 Å². The monoisotopic (exact) mass is 442 g/mol. The summed E-state index contributed by atoms with van der Waals surface area (Å²) in [4.78, 5) is 28.6. The van der Waals surface area contributed by atoms with E-state index in [2.05, 4.69) is 15.6 Å². The number of carboxylic acids is 1. The zero-order valence-electron chi connectivity index (χ0n) is 16.4. The number of carboxylic acid groups (broad SMARTS) is 1. The van der Waals surface area contributed by atoms with E-state index in [0.717, 1.165) is 10.5 Å². The minimum atomic E-state index is -4.68. The molecular weight excluding hydrogens is 425 g/mol. The number of benzene rings is 1. The molecule has 0 saturated carbocycles. The number of dihydropyridines is 1. The van der Waals surface area contributed by atoms with Crippen LogP contribution in [0, 0.1) is 0 Å². The van der Waals surface area contributed by atoms with E-state index in [1.165, 1.54) is 18.3 Å². The maximum absolute atomic E-state index is 13.5. The van der Waals surface area contributed by atoms with Gasteiger partial charge in [-0.15, -0.1) is 0 Å². The van der Waals surface area contributed by atoms with Gasteiger partial charge in [-0.3, -0.25) is 9.20 Å². The lowest BCUT2D eigenvalue weighted by atomic mass is 10.1. The Hall–Kier alpha value is -4.08. The Labute approximate surface area is 179 Å². The van der Waals surface area contributed by atoms with Crippen LogP contribution < -0.4 is 16.2 Å². The van der Waals surface area contributed by atoms with Crippen molar-refractivity contribution < 1.29 is 23.1 Å². The molecule has 1 aliphatic heterocycles. The Morgan fingerprint density at radius 1 is 1.22 bits per heavy atom. The SMILES string of the molecule is O=C(O)C1NC=CC=C1NCc1cc(C(F)(F)F)cn2c(=O)cc(-c3ccccc3)nc12. The van der Waals surface area contributed by atoms with Gasteiger partial charge in [-0.2, -0.15) is 13.2 Å². The van der Waals surface area contributed by atoms with E-state index >= 15 is 0 Å². The normalized spacial score (nSPS) is 15.8. The second kappa shape index (κ2) is 8.22. The number of pyridine rings is 1. The zero-order chi connectivity index (χ0) is 22.9. The molecule has 3 aromatic rings. The lowest BCUT2D eigenvalue weighted by Gasteiger charge is -2.21. The summed E-state index contributed by atoms with van der Waals surface area (Å²) in [7, 11) is 0. The van der Waals surface area contributed by atoms with E-state index < -0.39 is 29.3 Å². The summed E-state index contributed by atoms with van der Waals surface area (Å²) in [6.45, 7) is -0.177. The number of allylic oxidation sites excluding steroid dienone is 2. The van der Waals surface area contributed by atoms with E-state index in [0.29, 0.717) is 17.5 Å². The molecule has 0 spiro atoms. The first-order valence-corrected chi connectivity index (χ1v) is 9.52. The number of halogens is 3. The number of carbonyl (C=O) groups is 1. The van der Waals surface area contributed by atoms with Crippen LogP contribution in [0.25, 0.3) is 16.9 Å².